The van der Waals surface area contributed by atoms with Crippen molar-refractivity contribution in [1.82, 2.24) is 24.9 Å². The molecular formula is C22H24F2N6O3S2. The number of fused-ring (bicyclic) bond motifs is 3. The van der Waals surface area contributed by atoms with Gasteiger partial charge in [-0.25, -0.2) is 31.9 Å². The van der Waals surface area contributed by atoms with Gasteiger partial charge < -0.3 is 10.0 Å². The van der Waals surface area contributed by atoms with Crippen molar-refractivity contribution in [2.45, 2.75) is 80.5 Å². The number of benzene rings is 1. The monoisotopic (exact) mass is 522 g/mol. The number of aliphatic hydroxyl groups is 1. The molecule has 0 spiro atoms. The zero-order chi connectivity index (χ0) is 24.5. The van der Waals surface area contributed by atoms with E-state index in [2.05, 4.69) is 19.8 Å². The molecule has 3 fully saturated rings. The first-order chi connectivity index (χ1) is 16.6. The van der Waals surface area contributed by atoms with Crippen LogP contribution in [0.5, 0.6) is 0 Å². The van der Waals surface area contributed by atoms with E-state index in [0.717, 1.165) is 37.0 Å². The average molecular weight is 523 g/mol. The number of halogens is 2. The van der Waals surface area contributed by atoms with Crippen molar-refractivity contribution in [3.8, 4) is 10.7 Å². The van der Waals surface area contributed by atoms with Crippen molar-refractivity contribution in [2.24, 2.45) is 0 Å². The number of sulfonamides is 1. The molecule has 2 aliphatic heterocycles. The van der Waals surface area contributed by atoms with E-state index < -0.39 is 27.0 Å². The third-order valence-corrected chi connectivity index (χ3v) is 9.69. The van der Waals surface area contributed by atoms with E-state index in [-0.39, 0.29) is 33.8 Å². The Balaban J connectivity index is 1.49. The number of aromatic nitrogens is 4. The second kappa shape index (κ2) is 8.08. The van der Waals surface area contributed by atoms with Crippen LogP contribution in [0.1, 0.15) is 56.9 Å². The molecule has 2 saturated heterocycles. The van der Waals surface area contributed by atoms with E-state index in [1.165, 1.54) is 12.1 Å². The minimum atomic E-state index is -3.79. The molecule has 1 aromatic carbocycles. The molecule has 2 N–H and O–H groups in total. The third kappa shape index (κ3) is 4.17. The number of piperidine rings is 1. The SMILES string of the molecule is CC1(NS(=O)(=O)c2ccc3nc(N4[C@@H]5CC[C@H]4CC(O)C5)nc(-c4nnc(C(F)F)s4)c3c2)CC1. The van der Waals surface area contributed by atoms with Gasteiger partial charge in [-0.05, 0) is 63.6 Å². The largest absolute Gasteiger partial charge is 0.393 e. The summed E-state index contributed by atoms with van der Waals surface area (Å²) in [6, 6.07) is 4.76. The maximum Gasteiger partial charge on any atom is 0.291 e. The molecule has 0 radical (unpaired) electrons. The van der Waals surface area contributed by atoms with Crippen LogP contribution >= 0.6 is 11.3 Å². The van der Waals surface area contributed by atoms with Crippen molar-refractivity contribution in [3.63, 3.8) is 0 Å². The topological polar surface area (TPSA) is 121 Å². The summed E-state index contributed by atoms with van der Waals surface area (Å²) in [7, 11) is -3.79. The van der Waals surface area contributed by atoms with Crippen LogP contribution in [-0.4, -0.2) is 57.4 Å². The average Bonchev–Trinajstić information content (AvgIpc) is 3.20. The van der Waals surface area contributed by atoms with E-state index in [0.29, 0.717) is 29.7 Å². The molecule has 35 heavy (non-hydrogen) atoms. The molecule has 1 unspecified atom stereocenters. The molecule has 3 atom stereocenters. The number of anilines is 1. The lowest BCUT2D eigenvalue weighted by molar-refractivity contribution is 0.125. The van der Waals surface area contributed by atoms with Gasteiger partial charge in [0.25, 0.3) is 6.43 Å². The van der Waals surface area contributed by atoms with Gasteiger partial charge in [0.15, 0.2) is 10.0 Å². The van der Waals surface area contributed by atoms with E-state index in [1.54, 1.807) is 6.07 Å². The van der Waals surface area contributed by atoms with Gasteiger partial charge in [0, 0.05) is 23.0 Å². The highest BCUT2D eigenvalue weighted by Gasteiger charge is 2.43. The van der Waals surface area contributed by atoms with Gasteiger partial charge in [-0.15, -0.1) is 10.2 Å². The van der Waals surface area contributed by atoms with Crippen LogP contribution in [0.2, 0.25) is 0 Å². The first-order valence-electron chi connectivity index (χ1n) is 11.6. The fraction of sp³-hybridized carbons (Fsp3) is 0.545. The smallest absolute Gasteiger partial charge is 0.291 e. The fourth-order valence-corrected chi connectivity index (χ4v) is 7.30. The summed E-state index contributed by atoms with van der Waals surface area (Å²) >= 11 is 0.729. The first-order valence-corrected chi connectivity index (χ1v) is 13.9. The molecule has 13 heteroatoms. The predicted molar refractivity (Wildman–Crippen MR) is 126 cm³/mol. The Hall–Kier alpha value is -2.35. The molecule has 9 nitrogen and oxygen atoms in total. The predicted octanol–water partition coefficient (Wildman–Crippen LogP) is 3.41. The van der Waals surface area contributed by atoms with Crippen LogP contribution in [0.3, 0.4) is 0 Å². The van der Waals surface area contributed by atoms with Crippen molar-refractivity contribution in [1.29, 1.82) is 0 Å². The summed E-state index contributed by atoms with van der Waals surface area (Å²) in [6.07, 6.45) is 1.45. The summed E-state index contributed by atoms with van der Waals surface area (Å²) in [6.45, 7) is 1.85. The van der Waals surface area contributed by atoms with Crippen LogP contribution in [0, 0.1) is 0 Å². The Morgan fingerprint density at radius 1 is 1.17 bits per heavy atom. The van der Waals surface area contributed by atoms with Crippen molar-refractivity contribution < 1.29 is 22.3 Å². The number of nitrogens with zero attached hydrogens (tertiary/aromatic N) is 5. The first kappa shape index (κ1) is 23.1. The molecular weight excluding hydrogens is 498 g/mol. The maximum atomic E-state index is 13.3. The van der Waals surface area contributed by atoms with Crippen LogP contribution in [0.15, 0.2) is 23.1 Å². The molecule has 1 saturated carbocycles. The van der Waals surface area contributed by atoms with E-state index in [1.807, 2.05) is 6.92 Å². The van der Waals surface area contributed by atoms with E-state index >= 15 is 0 Å². The van der Waals surface area contributed by atoms with Gasteiger partial charge in [0.05, 0.1) is 16.5 Å². The number of alkyl halides is 2. The summed E-state index contributed by atoms with van der Waals surface area (Å²) in [5, 5.41) is 17.9. The Morgan fingerprint density at radius 3 is 2.51 bits per heavy atom. The van der Waals surface area contributed by atoms with Crippen molar-refractivity contribution in [3.05, 3.63) is 23.2 Å². The van der Waals surface area contributed by atoms with Crippen LogP contribution < -0.4 is 9.62 Å². The number of hydrogen-bond donors (Lipinski definition) is 2. The molecule has 3 aromatic rings. The number of nitrogens with one attached hydrogen (secondary N) is 1. The normalized spacial score (nSPS) is 25.5. The molecule has 2 bridgehead atoms. The molecule has 186 valence electrons. The Bertz CT molecular complexity index is 1400. The summed E-state index contributed by atoms with van der Waals surface area (Å²) in [5.41, 5.74) is 0.316. The minimum Gasteiger partial charge on any atom is -0.393 e. The maximum absolute atomic E-state index is 13.3. The highest BCUT2D eigenvalue weighted by molar-refractivity contribution is 7.89. The number of aliphatic hydroxyl groups excluding tert-OH is 1. The third-order valence-electron chi connectivity index (χ3n) is 7.12. The minimum absolute atomic E-state index is 0.0514. The Labute approximate surface area is 204 Å². The lowest BCUT2D eigenvalue weighted by atomic mass is 10.0. The van der Waals surface area contributed by atoms with Crippen molar-refractivity contribution >= 4 is 38.2 Å². The van der Waals surface area contributed by atoms with Gasteiger partial charge in [0.2, 0.25) is 16.0 Å². The lowest BCUT2D eigenvalue weighted by Gasteiger charge is -2.37. The number of hydrogen-bond acceptors (Lipinski definition) is 9. The quantitative estimate of drug-likeness (QED) is 0.505. The van der Waals surface area contributed by atoms with Gasteiger partial charge in [-0.3, -0.25) is 0 Å². The van der Waals surface area contributed by atoms with Crippen LogP contribution in [-0.2, 0) is 10.0 Å². The summed E-state index contributed by atoms with van der Waals surface area (Å²) < 4.78 is 55.3. The van der Waals surface area contributed by atoms with Gasteiger partial charge in [-0.2, -0.15) is 0 Å². The zero-order valence-electron chi connectivity index (χ0n) is 18.9. The van der Waals surface area contributed by atoms with E-state index in [9.17, 15) is 22.3 Å². The van der Waals surface area contributed by atoms with Crippen molar-refractivity contribution in [2.75, 3.05) is 4.90 Å². The van der Waals surface area contributed by atoms with Gasteiger partial charge >= 0.3 is 0 Å². The molecule has 2 aromatic heterocycles. The number of rotatable bonds is 6. The second-order valence-corrected chi connectivity index (χ2v) is 12.6. The van der Waals surface area contributed by atoms with Crippen LogP contribution in [0.25, 0.3) is 21.6 Å². The Morgan fingerprint density at radius 2 is 1.89 bits per heavy atom. The van der Waals surface area contributed by atoms with Gasteiger partial charge in [0.1, 0.15) is 5.69 Å². The van der Waals surface area contributed by atoms with Gasteiger partial charge in [-0.1, -0.05) is 11.3 Å². The van der Waals surface area contributed by atoms with E-state index in [4.69, 9.17) is 9.97 Å². The van der Waals surface area contributed by atoms with Crippen LogP contribution in [0.4, 0.5) is 14.7 Å². The molecule has 6 rings (SSSR count). The Kier molecular flexibility index (Phi) is 5.33. The highest BCUT2D eigenvalue weighted by Crippen LogP contribution is 2.41. The standard InChI is InChI=1S/C22H24F2N6O3S2/c1-22(6-7-22)29-35(32,33)14-4-5-16-15(10-14)17(19-27-28-20(34-19)18(23)24)26-21(25-16)30-11-2-3-12(30)9-13(31)8-11/h4-5,10-13,18,29,31H,2-3,6-9H2,1H3/t11-,12+,13?. The summed E-state index contributed by atoms with van der Waals surface area (Å²) in [5.74, 6) is 0.430. The molecule has 4 heterocycles. The molecule has 3 aliphatic rings. The highest BCUT2D eigenvalue weighted by atomic mass is 32.2. The summed E-state index contributed by atoms with van der Waals surface area (Å²) in [4.78, 5) is 11.6. The molecule has 0 amide bonds. The second-order valence-electron chi connectivity index (χ2n) is 9.88. The lowest BCUT2D eigenvalue weighted by Crippen LogP contribution is -2.45. The molecule has 1 aliphatic carbocycles. The fourth-order valence-electron chi connectivity index (χ4n) is 5.11. The zero-order valence-corrected chi connectivity index (χ0v) is 20.5.